The zero-order chi connectivity index (χ0) is 17.2. The summed E-state index contributed by atoms with van der Waals surface area (Å²) in [4.78, 5) is 4.41. The fourth-order valence-corrected chi connectivity index (χ4v) is 3.87. The summed E-state index contributed by atoms with van der Waals surface area (Å²) in [5.41, 5.74) is 1.81. The van der Waals surface area contributed by atoms with Crippen LogP contribution in [0.3, 0.4) is 0 Å². The lowest BCUT2D eigenvalue weighted by Gasteiger charge is -2.04. The van der Waals surface area contributed by atoms with Crippen molar-refractivity contribution in [2.75, 3.05) is 0 Å². The monoisotopic (exact) mass is 389 g/mol. The van der Waals surface area contributed by atoms with Gasteiger partial charge in [0.1, 0.15) is 0 Å². The third-order valence-electron chi connectivity index (χ3n) is 3.52. The highest BCUT2D eigenvalue weighted by atomic mass is 35.5. The lowest BCUT2D eigenvalue weighted by Crippen LogP contribution is -1.95. The van der Waals surface area contributed by atoms with Crippen LogP contribution in [0.1, 0.15) is 5.89 Å². The Morgan fingerprint density at radius 2 is 2.12 bits per heavy atom. The van der Waals surface area contributed by atoms with Crippen molar-refractivity contribution in [3.63, 3.8) is 0 Å². The fourth-order valence-electron chi connectivity index (χ4n) is 2.27. The first-order valence-corrected chi connectivity index (χ1v) is 9.65. The molecule has 0 saturated carbocycles. The van der Waals surface area contributed by atoms with E-state index >= 15 is 0 Å². The van der Waals surface area contributed by atoms with Crippen molar-refractivity contribution in [1.29, 1.82) is 0 Å². The molecule has 4 aromatic rings. The molecule has 0 fully saturated rings. The summed E-state index contributed by atoms with van der Waals surface area (Å²) in [6, 6.07) is 9.53. The number of halogens is 1. The largest absolute Gasteiger partial charge is 0.338 e. The van der Waals surface area contributed by atoms with E-state index in [9.17, 15) is 0 Å². The number of hydrogen-bond acceptors (Lipinski definition) is 7. The highest BCUT2D eigenvalue weighted by Gasteiger charge is 2.15. The predicted molar refractivity (Wildman–Crippen MR) is 98.6 cm³/mol. The lowest BCUT2D eigenvalue weighted by atomic mass is 10.2. The van der Waals surface area contributed by atoms with E-state index in [2.05, 4.69) is 20.3 Å². The molecule has 0 bridgehead atoms. The van der Waals surface area contributed by atoms with E-state index in [1.54, 1.807) is 11.3 Å². The standard InChI is InChI=1S/C16H12ClN5OS2/c1-22-15(11-4-2-3-5-12(11)17)19-20-16(22)25-9-13-18-14(21-23-13)10-6-7-24-8-10/h2-8H,9H2,1H3. The van der Waals surface area contributed by atoms with Crippen LogP contribution in [0.15, 0.2) is 50.8 Å². The SMILES string of the molecule is Cn1c(SCc2nc(-c3ccsc3)no2)nnc1-c1ccccc1Cl. The number of rotatable bonds is 5. The van der Waals surface area contributed by atoms with Gasteiger partial charge in [-0.1, -0.05) is 40.7 Å². The van der Waals surface area contributed by atoms with E-state index in [0.717, 1.165) is 22.1 Å². The predicted octanol–water partition coefficient (Wildman–Crippen LogP) is 4.54. The summed E-state index contributed by atoms with van der Waals surface area (Å²) < 4.78 is 7.21. The molecule has 4 rings (SSSR count). The Morgan fingerprint density at radius 3 is 2.92 bits per heavy atom. The molecule has 0 spiro atoms. The first-order chi connectivity index (χ1) is 12.2. The number of thiophene rings is 1. The summed E-state index contributed by atoms with van der Waals surface area (Å²) in [6.07, 6.45) is 0. The fraction of sp³-hybridized carbons (Fsp3) is 0.125. The van der Waals surface area contributed by atoms with Gasteiger partial charge in [-0.3, -0.25) is 0 Å². The lowest BCUT2D eigenvalue weighted by molar-refractivity contribution is 0.391. The van der Waals surface area contributed by atoms with E-state index < -0.39 is 0 Å². The molecule has 0 amide bonds. The van der Waals surface area contributed by atoms with Gasteiger partial charge in [-0.15, -0.1) is 10.2 Å². The van der Waals surface area contributed by atoms with Crippen molar-refractivity contribution in [2.45, 2.75) is 10.9 Å². The second kappa shape index (κ2) is 6.99. The molecule has 25 heavy (non-hydrogen) atoms. The molecular weight excluding hydrogens is 378 g/mol. The highest BCUT2D eigenvalue weighted by molar-refractivity contribution is 7.98. The Labute approximate surface area is 156 Å². The molecule has 0 radical (unpaired) electrons. The molecule has 0 aliphatic carbocycles. The number of benzene rings is 1. The topological polar surface area (TPSA) is 69.6 Å². The second-order valence-electron chi connectivity index (χ2n) is 5.16. The second-order valence-corrected chi connectivity index (χ2v) is 7.29. The Morgan fingerprint density at radius 1 is 1.24 bits per heavy atom. The summed E-state index contributed by atoms with van der Waals surface area (Å²) >= 11 is 9.33. The minimum absolute atomic E-state index is 0.519. The van der Waals surface area contributed by atoms with Crippen molar-refractivity contribution in [2.24, 2.45) is 7.05 Å². The van der Waals surface area contributed by atoms with E-state index in [-0.39, 0.29) is 0 Å². The molecule has 1 aromatic carbocycles. The quantitative estimate of drug-likeness (QED) is 0.467. The van der Waals surface area contributed by atoms with Gasteiger partial charge in [-0.05, 0) is 23.6 Å². The summed E-state index contributed by atoms with van der Waals surface area (Å²) in [6.45, 7) is 0. The average molecular weight is 390 g/mol. The smallest absolute Gasteiger partial charge is 0.237 e. The van der Waals surface area contributed by atoms with Crippen LogP contribution < -0.4 is 0 Å². The zero-order valence-corrected chi connectivity index (χ0v) is 15.5. The first kappa shape index (κ1) is 16.3. The van der Waals surface area contributed by atoms with Gasteiger partial charge in [0.25, 0.3) is 0 Å². The molecule has 0 aliphatic heterocycles. The van der Waals surface area contributed by atoms with Crippen LogP contribution in [0.2, 0.25) is 5.02 Å². The maximum Gasteiger partial charge on any atom is 0.237 e. The molecule has 9 heteroatoms. The molecule has 126 valence electrons. The highest BCUT2D eigenvalue weighted by Crippen LogP contribution is 2.29. The van der Waals surface area contributed by atoms with Gasteiger partial charge < -0.3 is 9.09 Å². The molecule has 0 saturated heterocycles. The maximum absolute atomic E-state index is 6.24. The number of nitrogens with zero attached hydrogens (tertiary/aromatic N) is 5. The van der Waals surface area contributed by atoms with Gasteiger partial charge in [-0.25, -0.2) is 0 Å². The summed E-state index contributed by atoms with van der Waals surface area (Å²) in [7, 11) is 1.91. The van der Waals surface area contributed by atoms with Gasteiger partial charge in [0.15, 0.2) is 11.0 Å². The molecule has 0 atom stereocenters. The van der Waals surface area contributed by atoms with Crippen molar-refractivity contribution in [1.82, 2.24) is 24.9 Å². The number of aromatic nitrogens is 5. The maximum atomic E-state index is 6.24. The van der Waals surface area contributed by atoms with Crippen molar-refractivity contribution in [3.05, 3.63) is 52.0 Å². The summed E-state index contributed by atoms with van der Waals surface area (Å²) in [5, 5.41) is 17.9. The number of hydrogen-bond donors (Lipinski definition) is 0. The van der Waals surface area contributed by atoms with Crippen LogP contribution in [-0.4, -0.2) is 24.9 Å². The normalized spacial score (nSPS) is 11.1. The molecule has 6 nitrogen and oxygen atoms in total. The van der Waals surface area contributed by atoms with Crippen LogP contribution >= 0.6 is 34.7 Å². The van der Waals surface area contributed by atoms with Crippen LogP contribution in [0.5, 0.6) is 0 Å². The van der Waals surface area contributed by atoms with Gasteiger partial charge in [0.05, 0.1) is 10.8 Å². The van der Waals surface area contributed by atoms with E-state index in [0.29, 0.717) is 22.5 Å². The van der Waals surface area contributed by atoms with E-state index in [1.165, 1.54) is 11.8 Å². The summed E-state index contributed by atoms with van der Waals surface area (Å²) in [5.74, 6) is 2.39. The average Bonchev–Trinajstić information content (AvgIpc) is 3.35. The molecule has 3 aromatic heterocycles. The van der Waals surface area contributed by atoms with Gasteiger partial charge in [0.2, 0.25) is 11.7 Å². The Bertz CT molecular complexity index is 996. The molecular formula is C16H12ClN5OS2. The molecule has 0 aliphatic rings. The Hall–Kier alpha value is -2.16. The first-order valence-electron chi connectivity index (χ1n) is 7.34. The van der Waals surface area contributed by atoms with Gasteiger partial charge >= 0.3 is 0 Å². The zero-order valence-electron chi connectivity index (χ0n) is 13.1. The van der Waals surface area contributed by atoms with Crippen molar-refractivity contribution < 1.29 is 4.52 Å². The number of thioether (sulfide) groups is 1. The van der Waals surface area contributed by atoms with E-state index in [4.69, 9.17) is 16.1 Å². The molecule has 3 heterocycles. The van der Waals surface area contributed by atoms with Crippen LogP contribution in [0.25, 0.3) is 22.8 Å². The van der Waals surface area contributed by atoms with Crippen LogP contribution in [0.4, 0.5) is 0 Å². The van der Waals surface area contributed by atoms with E-state index in [1.807, 2.05) is 52.7 Å². The van der Waals surface area contributed by atoms with Crippen molar-refractivity contribution in [3.8, 4) is 22.8 Å². The Balaban J connectivity index is 1.50. The van der Waals surface area contributed by atoms with Gasteiger partial charge in [0, 0.05) is 23.6 Å². The Kier molecular flexibility index (Phi) is 4.56. The molecule has 0 unspecified atom stereocenters. The minimum Gasteiger partial charge on any atom is -0.338 e. The third-order valence-corrected chi connectivity index (χ3v) is 5.54. The van der Waals surface area contributed by atoms with Crippen LogP contribution in [-0.2, 0) is 12.8 Å². The van der Waals surface area contributed by atoms with Gasteiger partial charge in [-0.2, -0.15) is 16.3 Å². The third kappa shape index (κ3) is 3.33. The van der Waals surface area contributed by atoms with Crippen LogP contribution in [0, 0.1) is 0 Å². The van der Waals surface area contributed by atoms with Crippen molar-refractivity contribution >= 4 is 34.7 Å². The minimum atomic E-state index is 0.519. The molecule has 0 N–H and O–H groups in total.